The maximum Gasteiger partial charge on any atom is 0.127 e. The van der Waals surface area contributed by atoms with E-state index in [9.17, 15) is 0 Å². The largest absolute Gasteiger partial charge is 0.491 e. The van der Waals surface area contributed by atoms with Crippen LogP contribution >= 0.6 is 0 Å². The van der Waals surface area contributed by atoms with E-state index in [-0.39, 0.29) is 0 Å². The third-order valence-corrected chi connectivity index (χ3v) is 11.9. The van der Waals surface area contributed by atoms with Crippen LogP contribution in [0.5, 0.6) is 11.5 Å². The third-order valence-electron chi connectivity index (χ3n) is 11.9. The van der Waals surface area contributed by atoms with Crippen LogP contribution in [-0.2, 0) is 20.3 Å². The lowest BCUT2D eigenvalue weighted by Gasteiger charge is -2.59. The van der Waals surface area contributed by atoms with Gasteiger partial charge in [-0.25, -0.2) is 0 Å². The van der Waals surface area contributed by atoms with Crippen LogP contribution in [0.1, 0.15) is 88.2 Å². The van der Waals surface area contributed by atoms with Crippen molar-refractivity contribution in [2.75, 3.05) is 26.4 Å². The molecule has 2 unspecified atom stereocenters. The van der Waals surface area contributed by atoms with Gasteiger partial charge in [-0.2, -0.15) is 0 Å². The fourth-order valence-corrected chi connectivity index (χ4v) is 11.2. The van der Waals surface area contributed by atoms with Gasteiger partial charge >= 0.3 is 0 Å². The molecule has 0 aromatic heterocycles. The number of ether oxygens (including phenoxy) is 4. The van der Waals surface area contributed by atoms with E-state index >= 15 is 0 Å². The van der Waals surface area contributed by atoms with Crippen LogP contribution in [0.3, 0.4) is 0 Å². The van der Waals surface area contributed by atoms with Crippen molar-refractivity contribution in [3.8, 4) is 11.5 Å². The number of benzene rings is 1. The summed E-state index contributed by atoms with van der Waals surface area (Å²) in [4.78, 5) is 0. The first-order valence-electron chi connectivity index (χ1n) is 15.3. The first-order chi connectivity index (χ1) is 17.6. The molecule has 2 saturated heterocycles. The average Bonchev–Trinajstić information content (AvgIpc) is 3.75. The van der Waals surface area contributed by atoms with Crippen molar-refractivity contribution in [1.82, 2.24) is 0 Å². The van der Waals surface area contributed by atoms with Crippen LogP contribution in [0, 0.1) is 35.5 Å². The maximum absolute atomic E-state index is 6.96. The van der Waals surface area contributed by atoms with Crippen molar-refractivity contribution in [1.29, 1.82) is 0 Å². The van der Waals surface area contributed by atoms with Crippen molar-refractivity contribution in [3.63, 3.8) is 0 Å². The van der Waals surface area contributed by atoms with Crippen molar-refractivity contribution in [3.05, 3.63) is 23.3 Å². The normalized spacial score (nSPS) is 48.9. The van der Waals surface area contributed by atoms with Gasteiger partial charge in [0.2, 0.25) is 0 Å². The van der Waals surface area contributed by atoms with Gasteiger partial charge in [0.15, 0.2) is 0 Å². The second-order valence-electron chi connectivity index (χ2n) is 14.8. The zero-order valence-corrected chi connectivity index (χ0v) is 21.7. The monoisotopic (exact) mass is 490 g/mol. The van der Waals surface area contributed by atoms with E-state index in [1.807, 2.05) is 0 Å². The smallest absolute Gasteiger partial charge is 0.127 e. The number of hydrogen-bond donors (Lipinski definition) is 0. The lowest BCUT2D eigenvalue weighted by molar-refractivity contribution is -0.0111. The highest BCUT2D eigenvalue weighted by atomic mass is 16.6. The molecule has 8 saturated carbocycles. The molecule has 4 heteroatoms. The molecule has 1 aromatic rings. The van der Waals surface area contributed by atoms with Crippen molar-refractivity contribution in [2.45, 2.75) is 100 Å². The molecule has 1 aromatic carbocycles. The fraction of sp³-hybridized carbons (Fsp3) is 0.812. The topological polar surface area (TPSA) is 43.5 Å². The van der Waals surface area contributed by atoms with Gasteiger partial charge in [-0.05, 0) is 136 Å². The second-order valence-corrected chi connectivity index (χ2v) is 14.8. The molecule has 10 aliphatic rings. The van der Waals surface area contributed by atoms with Gasteiger partial charge in [0.05, 0.1) is 13.2 Å². The summed E-state index contributed by atoms with van der Waals surface area (Å²) in [5.41, 5.74) is 3.64. The molecule has 4 nitrogen and oxygen atoms in total. The van der Waals surface area contributed by atoms with Gasteiger partial charge in [-0.3, -0.25) is 0 Å². The van der Waals surface area contributed by atoms with Crippen LogP contribution in [0.4, 0.5) is 0 Å². The minimum atomic E-state index is 0.291. The zero-order valence-electron chi connectivity index (χ0n) is 21.7. The van der Waals surface area contributed by atoms with Crippen LogP contribution in [0.25, 0.3) is 0 Å². The summed E-state index contributed by atoms with van der Waals surface area (Å²) >= 11 is 0. The lowest BCUT2D eigenvalue weighted by Crippen LogP contribution is -2.50. The summed E-state index contributed by atoms with van der Waals surface area (Å²) in [6.07, 6.45) is 17.6. The Morgan fingerprint density at radius 2 is 0.944 bits per heavy atom. The standard InChI is InChI=1S/C32H42O4/c1-19-2-21-3-20(1)10-31(9-19,11-21)28-7-25(33-15-26-16-34-26)8-29(30(28)36-18-27-17-35-27)32-12-22-4-23(13-32)6-24(5-22)14-32/h7-8,19-24,26-27H,1-6,9-18H2. The summed E-state index contributed by atoms with van der Waals surface area (Å²) < 4.78 is 24.6. The van der Waals surface area contributed by atoms with Crippen molar-refractivity contribution >= 4 is 0 Å². The Bertz CT molecular complexity index is 917. The van der Waals surface area contributed by atoms with Gasteiger partial charge in [0.1, 0.15) is 36.9 Å². The van der Waals surface area contributed by atoms with Crippen LogP contribution in [0.15, 0.2) is 12.1 Å². The minimum Gasteiger partial charge on any atom is -0.491 e. The molecule has 0 amide bonds. The molecular formula is C32H42O4. The number of hydrogen-bond acceptors (Lipinski definition) is 4. The van der Waals surface area contributed by atoms with E-state index in [4.69, 9.17) is 18.9 Å². The Morgan fingerprint density at radius 3 is 1.31 bits per heavy atom. The van der Waals surface area contributed by atoms with E-state index in [0.717, 1.165) is 61.1 Å². The van der Waals surface area contributed by atoms with E-state index in [1.165, 1.54) is 93.9 Å². The van der Waals surface area contributed by atoms with Crippen molar-refractivity contribution < 1.29 is 18.9 Å². The molecule has 2 heterocycles. The quantitative estimate of drug-likeness (QED) is 0.408. The molecule has 2 aliphatic heterocycles. The molecule has 10 fully saturated rings. The Morgan fingerprint density at radius 1 is 0.583 bits per heavy atom. The summed E-state index contributed by atoms with van der Waals surface area (Å²) in [6.45, 7) is 3.12. The molecule has 2 atom stereocenters. The zero-order chi connectivity index (χ0) is 23.5. The van der Waals surface area contributed by atoms with Gasteiger partial charge in [-0.1, -0.05) is 0 Å². The highest BCUT2D eigenvalue weighted by Crippen LogP contribution is 2.66. The highest BCUT2D eigenvalue weighted by Gasteiger charge is 2.56. The van der Waals surface area contributed by atoms with Gasteiger partial charge in [0.25, 0.3) is 0 Å². The van der Waals surface area contributed by atoms with Gasteiger partial charge < -0.3 is 18.9 Å². The Labute approximate surface area is 215 Å². The molecule has 0 spiro atoms. The lowest BCUT2D eigenvalue weighted by atomic mass is 9.46. The molecule has 11 rings (SSSR count). The highest BCUT2D eigenvalue weighted by molar-refractivity contribution is 5.55. The second kappa shape index (κ2) is 7.65. The summed E-state index contributed by atoms with van der Waals surface area (Å²) in [6, 6.07) is 4.89. The maximum atomic E-state index is 6.96. The predicted octanol–water partition coefficient (Wildman–Crippen LogP) is 6.18. The number of rotatable bonds is 8. The average molecular weight is 491 g/mol. The number of epoxide rings is 2. The Hall–Kier alpha value is -1.26. The molecule has 36 heavy (non-hydrogen) atoms. The first kappa shape index (κ1) is 21.6. The summed E-state index contributed by atoms with van der Waals surface area (Å²) in [5, 5.41) is 0. The van der Waals surface area contributed by atoms with Gasteiger partial charge in [-0.15, -0.1) is 0 Å². The van der Waals surface area contributed by atoms with E-state index in [2.05, 4.69) is 12.1 Å². The third kappa shape index (κ3) is 3.52. The van der Waals surface area contributed by atoms with E-state index in [1.54, 1.807) is 0 Å². The molecule has 8 bridgehead atoms. The van der Waals surface area contributed by atoms with Crippen molar-refractivity contribution in [2.24, 2.45) is 35.5 Å². The Balaban J connectivity index is 1.19. The van der Waals surface area contributed by atoms with E-state index < -0.39 is 0 Å². The van der Waals surface area contributed by atoms with Crippen LogP contribution in [-0.4, -0.2) is 38.6 Å². The predicted molar refractivity (Wildman–Crippen MR) is 137 cm³/mol. The van der Waals surface area contributed by atoms with Crippen LogP contribution in [0.2, 0.25) is 0 Å². The summed E-state index contributed by atoms with van der Waals surface area (Å²) in [7, 11) is 0. The van der Waals surface area contributed by atoms with Crippen LogP contribution < -0.4 is 9.47 Å². The molecule has 0 N–H and O–H groups in total. The molecular weight excluding hydrogens is 448 g/mol. The minimum absolute atomic E-state index is 0.291. The molecule has 194 valence electrons. The Kier molecular flexibility index (Phi) is 4.60. The van der Waals surface area contributed by atoms with Gasteiger partial charge in [0, 0.05) is 11.1 Å². The van der Waals surface area contributed by atoms with E-state index in [0.29, 0.717) is 29.6 Å². The summed E-state index contributed by atoms with van der Waals surface area (Å²) in [5.74, 6) is 7.89. The molecule has 8 aliphatic carbocycles. The SMILES string of the molecule is c1c(OCC2CO2)cc(C23CC4CC(CC(C4)C2)C3)c(OCC2CO2)c1C12CC3CC(CC(C3)C1)C2. The first-order valence-corrected chi connectivity index (χ1v) is 15.3. The molecule has 0 radical (unpaired) electrons. The fourth-order valence-electron chi connectivity index (χ4n) is 11.2.